The number of anilines is 1. The first kappa shape index (κ1) is 9.46. The third-order valence-electron chi connectivity index (χ3n) is 2.86. The molecule has 0 aliphatic carbocycles. The van der Waals surface area contributed by atoms with Crippen molar-refractivity contribution in [3.8, 4) is 0 Å². The van der Waals surface area contributed by atoms with Crippen molar-refractivity contribution in [1.29, 1.82) is 0 Å². The summed E-state index contributed by atoms with van der Waals surface area (Å²) in [4.78, 5) is 6.48. The number of aryl methyl sites for hydroxylation is 1. The van der Waals surface area contributed by atoms with Crippen LogP contribution >= 0.6 is 0 Å². The third-order valence-corrected chi connectivity index (χ3v) is 2.86. The fraction of sp³-hybridized carbons (Fsp3) is 0.545. The van der Waals surface area contributed by atoms with E-state index in [2.05, 4.69) is 23.7 Å². The monoisotopic (exact) mass is 191 g/mol. The van der Waals surface area contributed by atoms with Crippen LogP contribution in [0.25, 0.3) is 0 Å². The summed E-state index contributed by atoms with van der Waals surface area (Å²) in [6.45, 7) is 6.20. The third kappa shape index (κ3) is 1.73. The average molecular weight is 191 g/mol. The highest BCUT2D eigenvalue weighted by Crippen LogP contribution is 2.26. The molecule has 1 fully saturated rings. The first-order valence-electron chi connectivity index (χ1n) is 5.03. The van der Waals surface area contributed by atoms with Gasteiger partial charge in [-0.05, 0) is 31.9 Å². The number of aromatic nitrogens is 1. The molecule has 0 radical (unpaired) electrons. The van der Waals surface area contributed by atoms with Gasteiger partial charge in [-0.3, -0.25) is 4.98 Å². The zero-order chi connectivity index (χ0) is 10.2. The Bertz CT molecular complexity index is 333. The molecule has 1 unspecified atom stereocenters. The Kier molecular flexibility index (Phi) is 2.19. The topological polar surface area (TPSA) is 42.2 Å². The Morgan fingerprint density at radius 1 is 1.57 bits per heavy atom. The van der Waals surface area contributed by atoms with Crippen LogP contribution in [0.4, 0.5) is 5.69 Å². The summed E-state index contributed by atoms with van der Waals surface area (Å²) in [5.74, 6) is 0. The van der Waals surface area contributed by atoms with Gasteiger partial charge in [-0.15, -0.1) is 0 Å². The zero-order valence-corrected chi connectivity index (χ0v) is 8.83. The molecule has 2 heterocycles. The van der Waals surface area contributed by atoms with Crippen molar-refractivity contribution in [1.82, 2.24) is 4.98 Å². The Morgan fingerprint density at radius 3 is 2.93 bits per heavy atom. The molecule has 1 atom stereocenters. The van der Waals surface area contributed by atoms with Crippen LogP contribution in [-0.2, 0) is 0 Å². The molecular formula is C11H17N3. The van der Waals surface area contributed by atoms with Crippen LogP contribution in [0.2, 0.25) is 0 Å². The molecule has 1 aliphatic rings. The Balaban J connectivity index is 2.22. The molecule has 14 heavy (non-hydrogen) atoms. The van der Waals surface area contributed by atoms with Gasteiger partial charge in [-0.1, -0.05) is 0 Å². The summed E-state index contributed by atoms with van der Waals surface area (Å²) in [6, 6.07) is 2.04. The molecule has 0 amide bonds. The van der Waals surface area contributed by atoms with E-state index in [9.17, 15) is 0 Å². The molecule has 2 N–H and O–H groups in total. The summed E-state index contributed by atoms with van der Waals surface area (Å²) in [6.07, 6.45) is 4.81. The lowest BCUT2D eigenvalue weighted by Gasteiger charge is -2.22. The van der Waals surface area contributed by atoms with Gasteiger partial charge in [-0.2, -0.15) is 0 Å². The Labute approximate surface area is 84.9 Å². The van der Waals surface area contributed by atoms with Crippen LogP contribution in [-0.4, -0.2) is 23.6 Å². The highest BCUT2D eigenvalue weighted by molar-refractivity contribution is 5.52. The van der Waals surface area contributed by atoms with Crippen molar-refractivity contribution in [3.63, 3.8) is 0 Å². The van der Waals surface area contributed by atoms with E-state index in [4.69, 9.17) is 5.73 Å². The average Bonchev–Trinajstić information content (AvgIpc) is 2.47. The lowest BCUT2D eigenvalue weighted by molar-refractivity contribution is 0.525. The second-order valence-corrected chi connectivity index (χ2v) is 4.49. The Morgan fingerprint density at radius 2 is 2.36 bits per heavy atom. The van der Waals surface area contributed by atoms with Crippen molar-refractivity contribution in [2.45, 2.75) is 25.8 Å². The van der Waals surface area contributed by atoms with Crippen LogP contribution in [0.15, 0.2) is 18.5 Å². The molecule has 1 aromatic rings. The number of nitrogens with two attached hydrogens (primary N) is 1. The van der Waals surface area contributed by atoms with Crippen molar-refractivity contribution in [3.05, 3.63) is 24.0 Å². The molecule has 3 nitrogen and oxygen atoms in total. The fourth-order valence-electron chi connectivity index (χ4n) is 1.98. The normalized spacial score (nSPS) is 26.9. The highest BCUT2D eigenvalue weighted by atomic mass is 15.2. The number of nitrogens with zero attached hydrogens (tertiary/aromatic N) is 2. The van der Waals surface area contributed by atoms with Gasteiger partial charge in [0.1, 0.15) is 0 Å². The van der Waals surface area contributed by atoms with Gasteiger partial charge < -0.3 is 10.6 Å². The summed E-state index contributed by atoms with van der Waals surface area (Å²) in [7, 11) is 0. The quantitative estimate of drug-likeness (QED) is 0.728. The van der Waals surface area contributed by atoms with E-state index in [0.29, 0.717) is 0 Å². The summed E-state index contributed by atoms with van der Waals surface area (Å²) in [5.41, 5.74) is 8.55. The predicted octanol–water partition coefficient (Wildman–Crippen LogP) is 1.32. The molecule has 1 aliphatic heterocycles. The molecule has 1 saturated heterocycles. The van der Waals surface area contributed by atoms with E-state index in [-0.39, 0.29) is 5.54 Å². The second-order valence-electron chi connectivity index (χ2n) is 4.49. The molecule has 0 spiro atoms. The van der Waals surface area contributed by atoms with E-state index in [0.717, 1.165) is 19.5 Å². The van der Waals surface area contributed by atoms with E-state index in [1.807, 2.05) is 18.5 Å². The SMILES string of the molecule is Cc1ccncc1N1CCC(C)(N)C1. The van der Waals surface area contributed by atoms with Gasteiger partial charge >= 0.3 is 0 Å². The molecule has 3 heteroatoms. The minimum absolute atomic E-state index is 0.0394. The van der Waals surface area contributed by atoms with Crippen LogP contribution < -0.4 is 10.6 Å². The van der Waals surface area contributed by atoms with Gasteiger partial charge in [0.25, 0.3) is 0 Å². The van der Waals surface area contributed by atoms with Crippen LogP contribution in [0.5, 0.6) is 0 Å². The van der Waals surface area contributed by atoms with E-state index < -0.39 is 0 Å². The number of pyridine rings is 1. The van der Waals surface area contributed by atoms with Gasteiger partial charge in [0.05, 0.1) is 11.9 Å². The van der Waals surface area contributed by atoms with Gasteiger partial charge in [0.2, 0.25) is 0 Å². The van der Waals surface area contributed by atoms with Gasteiger partial charge in [-0.25, -0.2) is 0 Å². The smallest absolute Gasteiger partial charge is 0.0583 e. The largest absolute Gasteiger partial charge is 0.368 e. The lowest BCUT2D eigenvalue weighted by Crippen LogP contribution is -2.39. The molecule has 2 rings (SSSR count). The zero-order valence-electron chi connectivity index (χ0n) is 8.83. The van der Waals surface area contributed by atoms with Crippen LogP contribution in [0.1, 0.15) is 18.9 Å². The standard InChI is InChI=1S/C11H17N3/c1-9-3-5-13-7-10(9)14-6-4-11(2,12)8-14/h3,5,7H,4,6,8,12H2,1-2H3. The minimum atomic E-state index is -0.0394. The molecule has 0 saturated carbocycles. The first-order chi connectivity index (χ1) is 6.58. The molecule has 1 aromatic heterocycles. The molecule has 0 bridgehead atoms. The minimum Gasteiger partial charge on any atom is -0.368 e. The van der Waals surface area contributed by atoms with Crippen molar-refractivity contribution >= 4 is 5.69 Å². The predicted molar refractivity (Wildman–Crippen MR) is 58.4 cm³/mol. The Hall–Kier alpha value is -1.09. The number of hydrogen-bond donors (Lipinski definition) is 1. The van der Waals surface area contributed by atoms with Crippen molar-refractivity contribution in [2.75, 3.05) is 18.0 Å². The molecule has 0 aromatic carbocycles. The fourth-order valence-corrected chi connectivity index (χ4v) is 1.98. The van der Waals surface area contributed by atoms with E-state index >= 15 is 0 Å². The summed E-state index contributed by atoms with van der Waals surface area (Å²) in [5, 5.41) is 0. The van der Waals surface area contributed by atoms with Crippen LogP contribution in [0, 0.1) is 6.92 Å². The maximum Gasteiger partial charge on any atom is 0.0583 e. The first-order valence-corrected chi connectivity index (χ1v) is 5.03. The number of hydrogen-bond acceptors (Lipinski definition) is 3. The number of rotatable bonds is 1. The van der Waals surface area contributed by atoms with Crippen molar-refractivity contribution in [2.24, 2.45) is 5.73 Å². The van der Waals surface area contributed by atoms with E-state index in [1.54, 1.807) is 0 Å². The maximum atomic E-state index is 6.09. The highest BCUT2D eigenvalue weighted by Gasteiger charge is 2.30. The second kappa shape index (κ2) is 3.24. The van der Waals surface area contributed by atoms with Gasteiger partial charge in [0.15, 0.2) is 0 Å². The van der Waals surface area contributed by atoms with E-state index in [1.165, 1.54) is 11.3 Å². The van der Waals surface area contributed by atoms with Crippen LogP contribution in [0.3, 0.4) is 0 Å². The summed E-state index contributed by atoms with van der Waals surface area (Å²) >= 11 is 0. The maximum absolute atomic E-state index is 6.09. The van der Waals surface area contributed by atoms with Gasteiger partial charge in [0, 0.05) is 24.8 Å². The summed E-state index contributed by atoms with van der Waals surface area (Å²) < 4.78 is 0. The van der Waals surface area contributed by atoms with Crippen molar-refractivity contribution < 1.29 is 0 Å². The molecule has 76 valence electrons. The molecular weight excluding hydrogens is 174 g/mol. The lowest BCUT2D eigenvalue weighted by atomic mass is 10.0.